The minimum absolute atomic E-state index is 0.0589. The molecule has 0 aliphatic carbocycles. The Bertz CT molecular complexity index is 752. The van der Waals surface area contributed by atoms with E-state index in [4.69, 9.17) is 4.74 Å². The highest BCUT2D eigenvalue weighted by molar-refractivity contribution is 5.81. The molecule has 26 heavy (non-hydrogen) atoms. The molecule has 0 unspecified atom stereocenters. The number of hydrogen-bond donors (Lipinski definition) is 1. The monoisotopic (exact) mass is 353 g/mol. The molecule has 2 aromatic carbocycles. The van der Waals surface area contributed by atoms with Gasteiger partial charge in [0.25, 0.3) is 5.91 Å². The largest absolute Gasteiger partial charge is 0.480 e. The molecule has 1 atom stereocenters. The number of carbonyl (C=O) groups excluding carboxylic acids is 1. The average Bonchev–Trinajstić information content (AvgIpc) is 2.65. The molecule has 2 aromatic rings. The molecule has 0 saturated heterocycles. The van der Waals surface area contributed by atoms with E-state index in [1.807, 2.05) is 26.0 Å². The van der Waals surface area contributed by atoms with E-state index < -0.39 is 6.10 Å². The van der Waals surface area contributed by atoms with E-state index in [0.717, 1.165) is 24.2 Å². The van der Waals surface area contributed by atoms with Gasteiger partial charge in [0.15, 0.2) is 6.10 Å². The molecule has 0 aliphatic rings. The van der Waals surface area contributed by atoms with Crippen LogP contribution in [0.4, 0.5) is 0 Å². The fourth-order valence-electron chi connectivity index (χ4n) is 3.11. The molecule has 2 rings (SSSR count). The number of hydrogen-bond acceptors (Lipinski definition) is 2. The fraction of sp³-hybridized carbons (Fsp3) is 0.435. The first-order valence-corrected chi connectivity index (χ1v) is 9.60. The summed E-state index contributed by atoms with van der Waals surface area (Å²) in [5.74, 6) is 0.719. The first-order chi connectivity index (χ1) is 12.5. The number of carbonyl (C=O) groups is 1. The van der Waals surface area contributed by atoms with Crippen molar-refractivity contribution in [2.75, 3.05) is 0 Å². The highest BCUT2D eigenvalue weighted by Crippen LogP contribution is 2.21. The summed E-state index contributed by atoms with van der Waals surface area (Å²) in [7, 11) is 0. The topological polar surface area (TPSA) is 38.3 Å². The van der Waals surface area contributed by atoms with Crippen LogP contribution in [0.2, 0.25) is 0 Å². The van der Waals surface area contributed by atoms with Crippen molar-refractivity contribution < 1.29 is 9.53 Å². The zero-order valence-electron chi connectivity index (χ0n) is 16.7. The smallest absolute Gasteiger partial charge is 0.261 e. The van der Waals surface area contributed by atoms with Gasteiger partial charge in [-0.15, -0.1) is 0 Å². The molecule has 0 aliphatic heterocycles. The predicted octanol–water partition coefficient (Wildman–Crippen LogP) is 4.90. The van der Waals surface area contributed by atoms with Crippen molar-refractivity contribution in [3.63, 3.8) is 0 Å². The number of ether oxygens (including phenoxy) is 1. The summed E-state index contributed by atoms with van der Waals surface area (Å²) in [5.41, 5.74) is 6.02. The SMILES string of the molecule is CCc1ccc(CC)c(CNC(=O)[C@H](CC)Oc2ccc(C)cc2C)c1. The third kappa shape index (κ3) is 5.10. The molecular formula is C23H31NO2. The number of amides is 1. The Balaban J connectivity index is 2.05. The Kier molecular flexibility index (Phi) is 7.26. The minimum Gasteiger partial charge on any atom is -0.480 e. The van der Waals surface area contributed by atoms with Crippen molar-refractivity contribution in [1.82, 2.24) is 5.32 Å². The van der Waals surface area contributed by atoms with E-state index in [1.54, 1.807) is 0 Å². The van der Waals surface area contributed by atoms with Crippen LogP contribution in [0.25, 0.3) is 0 Å². The van der Waals surface area contributed by atoms with Gasteiger partial charge in [0, 0.05) is 6.54 Å². The van der Waals surface area contributed by atoms with Crippen molar-refractivity contribution >= 4 is 5.91 Å². The van der Waals surface area contributed by atoms with E-state index in [2.05, 4.69) is 50.4 Å². The van der Waals surface area contributed by atoms with Crippen molar-refractivity contribution in [3.8, 4) is 5.75 Å². The maximum absolute atomic E-state index is 12.6. The Morgan fingerprint density at radius 2 is 1.77 bits per heavy atom. The van der Waals surface area contributed by atoms with Crippen LogP contribution in [0.15, 0.2) is 36.4 Å². The highest BCUT2D eigenvalue weighted by Gasteiger charge is 2.19. The fourth-order valence-corrected chi connectivity index (χ4v) is 3.11. The van der Waals surface area contributed by atoms with Crippen molar-refractivity contribution in [2.45, 2.75) is 66.5 Å². The van der Waals surface area contributed by atoms with Crippen LogP contribution in [0, 0.1) is 13.8 Å². The van der Waals surface area contributed by atoms with E-state index in [1.165, 1.54) is 22.3 Å². The molecule has 3 nitrogen and oxygen atoms in total. The second kappa shape index (κ2) is 9.42. The summed E-state index contributed by atoms with van der Waals surface area (Å²) in [6.45, 7) is 10.9. The third-order valence-corrected chi connectivity index (χ3v) is 4.78. The number of rotatable bonds is 8. The summed E-state index contributed by atoms with van der Waals surface area (Å²) >= 11 is 0. The minimum atomic E-state index is -0.476. The Hall–Kier alpha value is -2.29. The van der Waals surface area contributed by atoms with Gasteiger partial charge in [-0.3, -0.25) is 4.79 Å². The van der Waals surface area contributed by atoms with Crippen LogP contribution in [-0.4, -0.2) is 12.0 Å². The Morgan fingerprint density at radius 1 is 1.00 bits per heavy atom. The zero-order valence-corrected chi connectivity index (χ0v) is 16.7. The summed E-state index contributed by atoms with van der Waals surface area (Å²) < 4.78 is 5.99. The number of benzene rings is 2. The second-order valence-corrected chi connectivity index (χ2v) is 6.81. The average molecular weight is 354 g/mol. The van der Waals surface area contributed by atoms with E-state index in [9.17, 15) is 4.79 Å². The molecule has 0 bridgehead atoms. The zero-order chi connectivity index (χ0) is 19.1. The van der Waals surface area contributed by atoms with Crippen LogP contribution in [0.1, 0.15) is 55.0 Å². The van der Waals surface area contributed by atoms with Crippen LogP contribution in [0.3, 0.4) is 0 Å². The molecule has 140 valence electrons. The van der Waals surface area contributed by atoms with Gasteiger partial charge in [0.1, 0.15) is 5.75 Å². The van der Waals surface area contributed by atoms with Gasteiger partial charge in [-0.2, -0.15) is 0 Å². The summed E-state index contributed by atoms with van der Waals surface area (Å²) in [4.78, 5) is 12.6. The maximum atomic E-state index is 12.6. The van der Waals surface area contributed by atoms with Crippen LogP contribution >= 0.6 is 0 Å². The molecule has 1 amide bonds. The second-order valence-electron chi connectivity index (χ2n) is 6.81. The molecule has 0 aromatic heterocycles. The number of aryl methyl sites for hydroxylation is 4. The lowest BCUT2D eigenvalue weighted by Crippen LogP contribution is -2.37. The van der Waals surface area contributed by atoms with Crippen LogP contribution in [-0.2, 0) is 24.2 Å². The van der Waals surface area contributed by atoms with E-state index in [0.29, 0.717) is 13.0 Å². The first kappa shape index (κ1) is 20.0. The van der Waals surface area contributed by atoms with Gasteiger partial charge in [0.05, 0.1) is 0 Å². The van der Waals surface area contributed by atoms with Gasteiger partial charge in [0.2, 0.25) is 0 Å². The van der Waals surface area contributed by atoms with Crippen LogP contribution < -0.4 is 10.1 Å². The third-order valence-electron chi connectivity index (χ3n) is 4.78. The normalized spacial score (nSPS) is 11.9. The lowest BCUT2D eigenvalue weighted by molar-refractivity contribution is -0.128. The van der Waals surface area contributed by atoms with Crippen molar-refractivity contribution in [2.24, 2.45) is 0 Å². The van der Waals surface area contributed by atoms with Crippen molar-refractivity contribution in [1.29, 1.82) is 0 Å². The highest BCUT2D eigenvalue weighted by atomic mass is 16.5. The van der Waals surface area contributed by atoms with Crippen molar-refractivity contribution in [3.05, 3.63) is 64.2 Å². The molecule has 0 radical (unpaired) electrons. The first-order valence-electron chi connectivity index (χ1n) is 9.60. The van der Waals surface area contributed by atoms with Gasteiger partial charge in [-0.1, -0.05) is 56.7 Å². The summed E-state index contributed by atoms with van der Waals surface area (Å²) in [5, 5.41) is 3.06. The standard InChI is InChI=1S/C23H31NO2/c1-6-18-10-11-19(7-2)20(14-18)15-24-23(25)21(8-3)26-22-12-9-16(4)13-17(22)5/h9-14,21H,6-8,15H2,1-5H3,(H,24,25)/t21-/m0/s1. The molecule has 1 N–H and O–H groups in total. The van der Waals surface area contributed by atoms with E-state index in [-0.39, 0.29) is 5.91 Å². The lowest BCUT2D eigenvalue weighted by Gasteiger charge is -2.19. The quantitative estimate of drug-likeness (QED) is 0.733. The van der Waals surface area contributed by atoms with Crippen LogP contribution in [0.5, 0.6) is 5.75 Å². The molecule has 3 heteroatoms. The molecule has 0 spiro atoms. The summed E-state index contributed by atoms with van der Waals surface area (Å²) in [6.07, 6.45) is 2.12. The molecule has 0 saturated carbocycles. The molecule has 0 fully saturated rings. The maximum Gasteiger partial charge on any atom is 0.261 e. The Morgan fingerprint density at radius 3 is 2.38 bits per heavy atom. The Labute approximate surface area is 157 Å². The number of nitrogens with one attached hydrogen (secondary N) is 1. The summed E-state index contributed by atoms with van der Waals surface area (Å²) in [6, 6.07) is 12.6. The lowest BCUT2D eigenvalue weighted by atomic mass is 10.0. The van der Waals surface area contributed by atoms with Gasteiger partial charge >= 0.3 is 0 Å². The molecule has 0 heterocycles. The van der Waals surface area contributed by atoms with E-state index >= 15 is 0 Å². The predicted molar refractivity (Wildman–Crippen MR) is 108 cm³/mol. The van der Waals surface area contributed by atoms with Gasteiger partial charge in [-0.05, 0) is 61.4 Å². The van der Waals surface area contributed by atoms with Gasteiger partial charge < -0.3 is 10.1 Å². The molecular weight excluding hydrogens is 322 g/mol. The van der Waals surface area contributed by atoms with Gasteiger partial charge in [-0.25, -0.2) is 0 Å².